The minimum atomic E-state index is 0.0359. The maximum absolute atomic E-state index is 4.71. The molecule has 0 radical (unpaired) electrons. The quantitative estimate of drug-likeness (QED) is 0.730. The third-order valence-electron chi connectivity index (χ3n) is 3.82. The Morgan fingerprint density at radius 1 is 1.19 bits per heavy atom. The molecule has 0 aliphatic heterocycles. The molecule has 1 aliphatic carbocycles. The van der Waals surface area contributed by atoms with Gasteiger partial charge in [0.15, 0.2) is 10.8 Å². The highest BCUT2D eigenvalue weighted by atomic mass is 32.1. The van der Waals surface area contributed by atoms with Crippen molar-refractivity contribution in [2.24, 2.45) is 7.05 Å². The molecule has 0 spiro atoms. The van der Waals surface area contributed by atoms with Gasteiger partial charge in [0.25, 0.3) is 0 Å². The van der Waals surface area contributed by atoms with E-state index >= 15 is 0 Å². The van der Waals surface area contributed by atoms with E-state index in [9.17, 15) is 0 Å². The maximum Gasteiger partial charge on any atom is 0.235 e. The summed E-state index contributed by atoms with van der Waals surface area (Å²) < 4.78 is 3.81. The van der Waals surface area contributed by atoms with Crippen LogP contribution in [-0.4, -0.2) is 29.6 Å². The highest BCUT2D eigenvalue weighted by Crippen LogP contribution is 2.40. The molecule has 0 amide bonds. The Morgan fingerprint density at radius 3 is 2.57 bits per heavy atom. The van der Waals surface area contributed by atoms with E-state index in [1.807, 2.05) is 16.2 Å². The average molecular weight is 302 g/mol. The zero-order chi connectivity index (χ0) is 14.8. The van der Waals surface area contributed by atoms with Crippen molar-refractivity contribution in [3.63, 3.8) is 0 Å². The van der Waals surface area contributed by atoms with Crippen LogP contribution in [0.2, 0.25) is 0 Å². The van der Waals surface area contributed by atoms with Crippen molar-refractivity contribution in [1.29, 1.82) is 0 Å². The predicted octanol–water partition coefficient (Wildman–Crippen LogP) is 2.76. The summed E-state index contributed by atoms with van der Waals surface area (Å²) in [7, 11) is 1.97. The Hall–Kier alpha value is -1.76. The van der Waals surface area contributed by atoms with Gasteiger partial charge in [-0.1, -0.05) is 32.1 Å². The molecular formula is C14H18N6S. The Morgan fingerprint density at radius 2 is 1.95 bits per heavy atom. The first-order valence-corrected chi connectivity index (χ1v) is 8.02. The molecule has 6 nitrogen and oxygen atoms in total. The predicted molar refractivity (Wildman–Crippen MR) is 81.5 cm³/mol. The number of hydrogen-bond donors (Lipinski definition) is 0. The van der Waals surface area contributed by atoms with Gasteiger partial charge in [-0.05, 0) is 18.9 Å². The van der Waals surface area contributed by atoms with Gasteiger partial charge in [-0.3, -0.25) is 4.68 Å². The summed E-state index contributed by atoms with van der Waals surface area (Å²) in [4.78, 5) is 0.866. The molecule has 7 heteroatoms. The molecule has 0 N–H and O–H groups in total. The molecular weight excluding hydrogens is 284 g/mol. The molecule has 4 rings (SSSR count). The fourth-order valence-corrected chi connectivity index (χ4v) is 3.26. The second kappa shape index (κ2) is 4.13. The maximum atomic E-state index is 4.71. The monoisotopic (exact) mass is 302 g/mol. The Labute approximate surface area is 126 Å². The SMILES string of the molecule is Cn1nc(C(C)(C)C)cc1-c1nn2c(C3CC3)nnc2s1. The Kier molecular flexibility index (Phi) is 2.54. The molecule has 1 saturated carbocycles. The third-order valence-corrected chi connectivity index (χ3v) is 4.75. The van der Waals surface area contributed by atoms with Crippen LogP contribution in [-0.2, 0) is 12.5 Å². The summed E-state index contributed by atoms with van der Waals surface area (Å²) >= 11 is 1.57. The van der Waals surface area contributed by atoms with E-state index in [0.29, 0.717) is 5.92 Å². The second-order valence-corrected chi connectivity index (χ2v) is 7.68. The van der Waals surface area contributed by atoms with E-state index in [1.165, 1.54) is 12.8 Å². The zero-order valence-electron chi connectivity index (χ0n) is 12.7. The van der Waals surface area contributed by atoms with Crippen molar-refractivity contribution < 1.29 is 0 Å². The zero-order valence-corrected chi connectivity index (χ0v) is 13.5. The summed E-state index contributed by atoms with van der Waals surface area (Å²) in [6, 6.07) is 2.13. The first-order valence-electron chi connectivity index (χ1n) is 7.20. The molecule has 3 aromatic rings. The van der Waals surface area contributed by atoms with Gasteiger partial charge in [-0.2, -0.15) is 14.7 Å². The van der Waals surface area contributed by atoms with Gasteiger partial charge in [-0.25, -0.2) is 0 Å². The number of aromatic nitrogens is 6. The lowest BCUT2D eigenvalue weighted by Crippen LogP contribution is -2.12. The van der Waals surface area contributed by atoms with E-state index < -0.39 is 0 Å². The van der Waals surface area contributed by atoms with Gasteiger partial charge in [0.1, 0.15) is 0 Å². The van der Waals surface area contributed by atoms with Crippen molar-refractivity contribution in [1.82, 2.24) is 29.6 Å². The minimum absolute atomic E-state index is 0.0359. The van der Waals surface area contributed by atoms with Crippen LogP contribution in [0.15, 0.2) is 6.07 Å². The van der Waals surface area contributed by atoms with Gasteiger partial charge in [0.2, 0.25) is 4.96 Å². The first kappa shape index (κ1) is 12.9. The van der Waals surface area contributed by atoms with Gasteiger partial charge < -0.3 is 0 Å². The summed E-state index contributed by atoms with van der Waals surface area (Å²) in [6.45, 7) is 6.51. The molecule has 3 aromatic heterocycles. The average Bonchev–Trinajstić information content (AvgIpc) is 2.84. The van der Waals surface area contributed by atoms with Crippen molar-refractivity contribution in [3.8, 4) is 10.7 Å². The largest absolute Gasteiger partial charge is 0.265 e. The van der Waals surface area contributed by atoms with E-state index in [1.54, 1.807) is 11.3 Å². The van der Waals surface area contributed by atoms with Crippen molar-refractivity contribution in [3.05, 3.63) is 17.6 Å². The van der Waals surface area contributed by atoms with Crippen LogP contribution in [0.1, 0.15) is 51.0 Å². The summed E-state index contributed by atoms with van der Waals surface area (Å²) in [6.07, 6.45) is 2.40. The minimum Gasteiger partial charge on any atom is -0.265 e. The van der Waals surface area contributed by atoms with Gasteiger partial charge >= 0.3 is 0 Å². The van der Waals surface area contributed by atoms with Crippen molar-refractivity contribution in [2.45, 2.75) is 44.9 Å². The smallest absolute Gasteiger partial charge is 0.235 e. The lowest BCUT2D eigenvalue weighted by molar-refractivity contribution is 0.553. The highest BCUT2D eigenvalue weighted by molar-refractivity contribution is 7.19. The molecule has 1 aliphatic rings. The standard InChI is InChI=1S/C14H18N6S/c1-14(2,3)10-7-9(19(4)17-10)12-18-20-11(8-5-6-8)15-16-13(20)21-12/h7-8H,5-6H2,1-4H3. The first-order chi connectivity index (χ1) is 9.93. The summed E-state index contributed by atoms with van der Waals surface area (Å²) in [5.74, 6) is 1.55. The van der Waals surface area contributed by atoms with E-state index in [0.717, 1.165) is 27.2 Å². The fraction of sp³-hybridized carbons (Fsp3) is 0.571. The number of fused-ring (bicyclic) bond motifs is 1. The second-order valence-electron chi connectivity index (χ2n) is 6.72. The molecule has 0 unspecified atom stereocenters. The molecule has 1 fully saturated rings. The molecule has 3 heterocycles. The van der Waals surface area contributed by atoms with Crippen LogP contribution >= 0.6 is 11.3 Å². The van der Waals surface area contributed by atoms with Gasteiger partial charge in [0, 0.05) is 18.4 Å². The number of hydrogen-bond acceptors (Lipinski definition) is 5. The van der Waals surface area contributed by atoms with Gasteiger partial charge in [-0.15, -0.1) is 10.2 Å². The van der Waals surface area contributed by atoms with E-state index in [2.05, 4.69) is 42.1 Å². The topological polar surface area (TPSA) is 60.9 Å². The summed E-state index contributed by atoms with van der Waals surface area (Å²) in [5, 5.41) is 18.8. The lowest BCUT2D eigenvalue weighted by Gasteiger charge is -2.13. The fourth-order valence-electron chi connectivity index (χ4n) is 2.37. The highest BCUT2D eigenvalue weighted by Gasteiger charge is 2.30. The summed E-state index contributed by atoms with van der Waals surface area (Å²) in [5.41, 5.74) is 2.15. The number of aryl methyl sites for hydroxylation is 1. The molecule has 21 heavy (non-hydrogen) atoms. The molecule has 0 aromatic carbocycles. The van der Waals surface area contributed by atoms with E-state index in [4.69, 9.17) is 5.10 Å². The third kappa shape index (κ3) is 2.07. The van der Waals surface area contributed by atoms with Crippen LogP contribution in [0.5, 0.6) is 0 Å². The molecule has 0 bridgehead atoms. The Bertz CT molecular complexity index is 814. The van der Waals surface area contributed by atoms with Gasteiger partial charge in [0.05, 0.1) is 11.4 Å². The van der Waals surface area contributed by atoms with Crippen LogP contribution < -0.4 is 0 Å². The van der Waals surface area contributed by atoms with Crippen LogP contribution in [0, 0.1) is 0 Å². The van der Waals surface area contributed by atoms with Crippen molar-refractivity contribution >= 4 is 16.3 Å². The molecule has 110 valence electrons. The van der Waals surface area contributed by atoms with Crippen molar-refractivity contribution in [2.75, 3.05) is 0 Å². The number of rotatable bonds is 2. The normalized spacial score (nSPS) is 16.0. The lowest BCUT2D eigenvalue weighted by atomic mass is 9.92. The van der Waals surface area contributed by atoms with Crippen LogP contribution in [0.3, 0.4) is 0 Å². The molecule has 0 atom stereocenters. The van der Waals surface area contributed by atoms with E-state index in [-0.39, 0.29) is 5.41 Å². The van der Waals surface area contributed by atoms with Crippen LogP contribution in [0.25, 0.3) is 15.7 Å². The Balaban J connectivity index is 1.81. The molecule has 0 saturated heterocycles. The number of nitrogens with zero attached hydrogens (tertiary/aromatic N) is 6. The van der Waals surface area contributed by atoms with Crippen LogP contribution in [0.4, 0.5) is 0 Å².